The zero-order chi connectivity index (χ0) is 14.5. The van der Waals surface area contributed by atoms with E-state index < -0.39 is 0 Å². The first kappa shape index (κ1) is 14.1. The molecule has 1 fully saturated rings. The smallest absolute Gasteiger partial charge is 0.0992 e. The highest BCUT2D eigenvalue weighted by Crippen LogP contribution is 2.36. The Bertz CT molecular complexity index is 559. The maximum absolute atomic E-state index is 9.82. The van der Waals surface area contributed by atoms with Crippen LogP contribution >= 0.6 is 0 Å². The van der Waals surface area contributed by atoms with Gasteiger partial charge in [0, 0.05) is 24.4 Å². The Morgan fingerprint density at radius 2 is 2.00 bits per heavy atom. The molecule has 3 rings (SSSR count). The van der Waals surface area contributed by atoms with Gasteiger partial charge >= 0.3 is 0 Å². The van der Waals surface area contributed by atoms with Gasteiger partial charge in [0.25, 0.3) is 0 Å². The molecule has 0 bridgehead atoms. The molecule has 0 saturated heterocycles. The second-order valence-corrected chi connectivity index (χ2v) is 6.06. The summed E-state index contributed by atoms with van der Waals surface area (Å²) in [5, 5.41) is 13.4. The van der Waals surface area contributed by atoms with Crippen molar-refractivity contribution in [2.45, 2.75) is 32.1 Å². The molecule has 1 aliphatic carbocycles. The molecule has 1 heterocycles. The quantitative estimate of drug-likeness (QED) is 0.886. The van der Waals surface area contributed by atoms with Gasteiger partial charge in [-0.15, -0.1) is 0 Å². The molecule has 2 aromatic rings. The largest absolute Gasteiger partial charge is 0.396 e. The number of aromatic nitrogens is 2. The molecule has 1 aliphatic rings. The van der Waals surface area contributed by atoms with Crippen LogP contribution in [0.25, 0.3) is 5.69 Å². The van der Waals surface area contributed by atoms with Crippen LogP contribution in [-0.4, -0.2) is 27.8 Å². The van der Waals surface area contributed by atoms with Gasteiger partial charge < -0.3 is 15.0 Å². The Kier molecular flexibility index (Phi) is 4.25. The molecule has 4 nitrogen and oxygen atoms in total. The van der Waals surface area contributed by atoms with Crippen molar-refractivity contribution in [2.24, 2.45) is 5.41 Å². The summed E-state index contributed by atoms with van der Waals surface area (Å²) < 4.78 is 2.01. The van der Waals surface area contributed by atoms with Crippen LogP contribution in [0.4, 0.5) is 5.69 Å². The van der Waals surface area contributed by atoms with Gasteiger partial charge in [0.1, 0.15) is 0 Å². The predicted molar refractivity (Wildman–Crippen MR) is 84.7 cm³/mol. The van der Waals surface area contributed by atoms with Crippen LogP contribution in [0.3, 0.4) is 0 Å². The van der Waals surface area contributed by atoms with Crippen LogP contribution in [0.15, 0.2) is 43.0 Å². The van der Waals surface area contributed by atoms with E-state index in [2.05, 4.69) is 22.4 Å². The molecule has 0 aliphatic heterocycles. The Morgan fingerprint density at radius 1 is 1.19 bits per heavy atom. The number of anilines is 1. The third-order valence-electron chi connectivity index (χ3n) is 4.59. The fourth-order valence-corrected chi connectivity index (χ4v) is 3.23. The van der Waals surface area contributed by atoms with E-state index in [9.17, 15) is 5.11 Å². The highest BCUT2D eigenvalue weighted by Gasteiger charge is 2.31. The third kappa shape index (κ3) is 3.10. The summed E-state index contributed by atoms with van der Waals surface area (Å²) in [6, 6.07) is 8.23. The fourth-order valence-electron chi connectivity index (χ4n) is 3.23. The second-order valence-electron chi connectivity index (χ2n) is 6.06. The van der Waals surface area contributed by atoms with E-state index in [1.807, 2.05) is 29.2 Å². The molecule has 1 saturated carbocycles. The minimum atomic E-state index is 0.0420. The minimum absolute atomic E-state index is 0.0420. The van der Waals surface area contributed by atoms with E-state index in [4.69, 9.17) is 0 Å². The van der Waals surface area contributed by atoms with Crippen molar-refractivity contribution >= 4 is 5.69 Å². The lowest BCUT2D eigenvalue weighted by molar-refractivity contribution is 0.0944. The van der Waals surface area contributed by atoms with Gasteiger partial charge in [-0.25, -0.2) is 4.98 Å². The molecule has 0 unspecified atom stereocenters. The van der Waals surface area contributed by atoms with Gasteiger partial charge in [0.05, 0.1) is 24.3 Å². The number of nitrogens with zero attached hydrogens (tertiary/aromatic N) is 2. The standard InChI is InChI=1S/C17H23N3O/c21-13-17(8-4-1-5-9-17)12-19-15-6-2-3-7-16(15)20-11-10-18-14-20/h2-3,6-7,10-11,14,19,21H,1,4-5,8-9,12-13H2. The summed E-state index contributed by atoms with van der Waals surface area (Å²) in [5.41, 5.74) is 2.23. The Morgan fingerprint density at radius 3 is 2.71 bits per heavy atom. The van der Waals surface area contributed by atoms with Crippen LogP contribution in [0.5, 0.6) is 0 Å². The van der Waals surface area contributed by atoms with Crippen molar-refractivity contribution in [3.05, 3.63) is 43.0 Å². The Balaban J connectivity index is 1.76. The van der Waals surface area contributed by atoms with Crippen molar-refractivity contribution < 1.29 is 5.11 Å². The monoisotopic (exact) mass is 285 g/mol. The molecule has 0 radical (unpaired) electrons. The summed E-state index contributed by atoms with van der Waals surface area (Å²) in [6.07, 6.45) is 11.5. The summed E-state index contributed by atoms with van der Waals surface area (Å²) in [5.74, 6) is 0. The number of hydrogen-bond donors (Lipinski definition) is 2. The van der Waals surface area contributed by atoms with E-state index in [1.54, 1.807) is 6.20 Å². The highest BCUT2D eigenvalue weighted by molar-refractivity contribution is 5.61. The number of nitrogens with one attached hydrogen (secondary N) is 1. The number of para-hydroxylation sites is 2. The Hall–Kier alpha value is -1.81. The van der Waals surface area contributed by atoms with E-state index in [1.165, 1.54) is 19.3 Å². The lowest BCUT2D eigenvalue weighted by Crippen LogP contribution is -2.35. The van der Waals surface area contributed by atoms with E-state index >= 15 is 0 Å². The van der Waals surface area contributed by atoms with Crippen molar-refractivity contribution in [3.8, 4) is 5.69 Å². The van der Waals surface area contributed by atoms with Crippen molar-refractivity contribution in [2.75, 3.05) is 18.5 Å². The van der Waals surface area contributed by atoms with Crippen molar-refractivity contribution in [1.29, 1.82) is 0 Å². The van der Waals surface area contributed by atoms with Gasteiger partial charge in [-0.05, 0) is 25.0 Å². The molecule has 2 N–H and O–H groups in total. The highest BCUT2D eigenvalue weighted by atomic mass is 16.3. The van der Waals surface area contributed by atoms with Crippen LogP contribution < -0.4 is 5.32 Å². The average molecular weight is 285 g/mol. The Labute approximate surface area is 125 Å². The van der Waals surface area contributed by atoms with Crippen LogP contribution in [-0.2, 0) is 0 Å². The summed E-state index contributed by atoms with van der Waals surface area (Å²) >= 11 is 0. The zero-order valence-electron chi connectivity index (χ0n) is 12.3. The first-order chi connectivity index (χ1) is 10.3. The molecular weight excluding hydrogens is 262 g/mol. The number of benzene rings is 1. The predicted octanol–water partition coefficient (Wildman–Crippen LogP) is 3.23. The maximum Gasteiger partial charge on any atom is 0.0992 e. The van der Waals surface area contributed by atoms with Crippen LogP contribution in [0.1, 0.15) is 32.1 Å². The normalized spacial score (nSPS) is 17.6. The van der Waals surface area contributed by atoms with Crippen molar-refractivity contribution in [1.82, 2.24) is 9.55 Å². The van der Waals surface area contributed by atoms with Crippen LogP contribution in [0.2, 0.25) is 0 Å². The third-order valence-corrected chi connectivity index (χ3v) is 4.59. The van der Waals surface area contributed by atoms with Crippen LogP contribution in [0, 0.1) is 5.41 Å². The first-order valence-electron chi connectivity index (χ1n) is 7.75. The summed E-state index contributed by atoms with van der Waals surface area (Å²) in [4.78, 5) is 4.11. The van der Waals surface area contributed by atoms with Gasteiger partial charge in [-0.2, -0.15) is 0 Å². The molecule has 4 heteroatoms. The van der Waals surface area contributed by atoms with Gasteiger partial charge in [0.2, 0.25) is 0 Å². The maximum atomic E-state index is 9.82. The summed E-state index contributed by atoms with van der Waals surface area (Å²) in [6.45, 7) is 1.10. The first-order valence-corrected chi connectivity index (χ1v) is 7.75. The number of hydrogen-bond acceptors (Lipinski definition) is 3. The number of imidazole rings is 1. The topological polar surface area (TPSA) is 50.1 Å². The molecule has 112 valence electrons. The molecule has 1 aromatic carbocycles. The fraction of sp³-hybridized carbons (Fsp3) is 0.471. The second kappa shape index (κ2) is 6.31. The van der Waals surface area contributed by atoms with E-state index in [0.29, 0.717) is 0 Å². The molecule has 0 spiro atoms. The summed E-state index contributed by atoms with van der Waals surface area (Å²) in [7, 11) is 0. The lowest BCUT2D eigenvalue weighted by atomic mass is 9.74. The SMILES string of the molecule is OCC1(CNc2ccccc2-n2ccnc2)CCCCC1. The van der Waals surface area contributed by atoms with E-state index in [0.717, 1.165) is 30.8 Å². The minimum Gasteiger partial charge on any atom is -0.396 e. The van der Waals surface area contributed by atoms with Gasteiger partial charge in [-0.1, -0.05) is 31.4 Å². The van der Waals surface area contributed by atoms with Gasteiger partial charge in [-0.3, -0.25) is 0 Å². The number of rotatable bonds is 5. The molecule has 0 amide bonds. The van der Waals surface area contributed by atoms with E-state index in [-0.39, 0.29) is 12.0 Å². The molecule has 1 aromatic heterocycles. The zero-order valence-corrected chi connectivity index (χ0v) is 12.3. The molecule has 21 heavy (non-hydrogen) atoms. The number of aliphatic hydroxyl groups excluding tert-OH is 1. The average Bonchev–Trinajstić information content (AvgIpc) is 3.08. The van der Waals surface area contributed by atoms with Crippen molar-refractivity contribution in [3.63, 3.8) is 0 Å². The molecule has 0 atom stereocenters. The lowest BCUT2D eigenvalue weighted by Gasteiger charge is -2.36. The molecular formula is C17H23N3O. The number of aliphatic hydroxyl groups is 1. The van der Waals surface area contributed by atoms with Gasteiger partial charge in [0.15, 0.2) is 0 Å².